The number of ether oxygens (including phenoxy) is 2. The van der Waals surface area contributed by atoms with Crippen LogP contribution in [0.1, 0.15) is 17.7 Å². The van der Waals surface area contributed by atoms with Gasteiger partial charge in [0.1, 0.15) is 6.61 Å². The van der Waals surface area contributed by atoms with Gasteiger partial charge in [-0.15, -0.1) is 6.42 Å². The van der Waals surface area contributed by atoms with Crippen LogP contribution in [0.2, 0.25) is 0 Å². The van der Waals surface area contributed by atoms with E-state index < -0.39 is 6.10 Å². The van der Waals surface area contributed by atoms with Gasteiger partial charge in [0.05, 0.1) is 12.7 Å². The van der Waals surface area contributed by atoms with Crippen molar-refractivity contribution < 1.29 is 14.6 Å². The Morgan fingerprint density at radius 3 is 2.78 bits per heavy atom. The summed E-state index contributed by atoms with van der Waals surface area (Å²) in [5.41, 5.74) is 2.48. The number of hydrogen-bond donors (Lipinski definition) is 1. The van der Waals surface area contributed by atoms with Gasteiger partial charge >= 0.3 is 0 Å². The summed E-state index contributed by atoms with van der Waals surface area (Å²) < 4.78 is 12.7. The van der Waals surface area contributed by atoms with E-state index in [0.717, 1.165) is 26.1 Å². The SMILES string of the molecule is C#CCOC[C@@H](O)CN(CCCOC)Cc1cccn1Cc1ccccc1. The maximum atomic E-state index is 10.3. The highest BCUT2D eigenvalue weighted by molar-refractivity contribution is 5.17. The number of rotatable bonds is 13. The second-order valence-corrected chi connectivity index (χ2v) is 6.57. The maximum absolute atomic E-state index is 10.3. The highest BCUT2D eigenvalue weighted by Gasteiger charge is 2.14. The lowest BCUT2D eigenvalue weighted by Crippen LogP contribution is -2.36. The fourth-order valence-corrected chi connectivity index (χ4v) is 3.03. The average molecular weight is 370 g/mol. The van der Waals surface area contributed by atoms with Crippen LogP contribution in [0.5, 0.6) is 0 Å². The molecule has 0 radical (unpaired) electrons. The van der Waals surface area contributed by atoms with Gasteiger partial charge in [-0.3, -0.25) is 4.90 Å². The molecule has 1 N–H and O–H groups in total. The lowest BCUT2D eigenvalue weighted by Gasteiger charge is -2.25. The first kappa shape index (κ1) is 21.2. The molecule has 2 aromatic rings. The highest BCUT2D eigenvalue weighted by atomic mass is 16.5. The molecule has 0 aliphatic rings. The van der Waals surface area contributed by atoms with E-state index in [0.29, 0.717) is 13.2 Å². The zero-order valence-electron chi connectivity index (χ0n) is 16.1. The Labute approximate surface area is 162 Å². The van der Waals surface area contributed by atoms with Crippen molar-refractivity contribution in [2.75, 3.05) is 40.0 Å². The molecule has 1 aromatic carbocycles. The van der Waals surface area contributed by atoms with E-state index in [4.69, 9.17) is 15.9 Å². The minimum Gasteiger partial charge on any atom is -0.389 e. The fraction of sp³-hybridized carbons (Fsp3) is 0.455. The monoisotopic (exact) mass is 370 g/mol. The number of hydrogen-bond acceptors (Lipinski definition) is 4. The molecular formula is C22H30N2O3. The molecule has 0 amide bonds. The Morgan fingerprint density at radius 1 is 1.22 bits per heavy atom. The molecular weight excluding hydrogens is 340 g/mol. The molecule has 0 fully saturated rings. The van der Waals surface area contributed by atoms with Crippen molar-refractivity contribution in [1.29, 1.82) is 0 Å². The normalized spacial score (nSPS) is 12.2. The van der Waals surface area contributed by atoms with Crippen LogP contribution in [0, 0.1) is 12.3 Å². The molecule has 2 rings (SSSR count). The Morgan fingerprint density at radius 2 is 2.04 bits per heavy atom. The molecule has 27 heavy (non-hydrogen) atoms. The summed E-state index contributed by atoms with van der Waals surface area (Å²) in [4.78, 5) is 2.24. The summed E-state index contributed by atoms with van der Waals surface area (Å²) in [5.74, 6) is 2.42. The van der Waals surface area contributed by atoms with Gasteiger partial charge in [-0.1, -0.05) is 36.3 Å². The zero-order chi connectivity index (χ0) is 19.3. The van der Waals surface area contributed by atoms with Crippen LogP contribution in [0.15, 0.2) is 48.7 Å². The van der Waals surface area contributed by atoms with Gasteiger partial charge in [-0.2, -0.15) is 0 Å². The molecule has 0 aliphatic carbocycles. The minimum absolute atomic E-state index is 0.223. The van der Waals surface area contributed by atoms with Crippen molar-refractivity contribution in [2.45, 2.75) is 25.6 Å². The summed E-state index contributed by atoms with van der Waals surface area (Å²) in [7, 11) is 1.71. The van der Waals surface area contributed by atoms with E-state index in [1.165, 1.54) is 11.3 Å². The number of methoxy groups -OCH3 is 1. The molecule has 0 saturated heterocycles. The van der Waals surface area contributed by atoms with Crippen LogP contribution in [-0.4, -0.2) is 60.7 Å². The van der Waals surface area contributed by atoms with Gasteiger partial charge in [0.15, 0.2) is 0 Å². The molecule has 0 aliphatic heterocycles. The second kappa shape index (κ2) is 12.3. The summed E-state index contributed by atoms with van der Waals surface area (Å²) in [5, 5.41) is 10.3. The molecule has 146 valence electrons. The summed E-state index contributed by atoms with van der Waals surface area (Å²) >= 11 is 0. The first-order valence-corrected chi connectivity index (χ1v) is 9.31. The molecule has 5 nitrogen and oxygen atoms in total. The standard InChI is InChI=1S/C22H30N2O3/c1-3-14-27-19-22(25)18-23(12-8-15-26-2)17-21-11-7-13-24(21)16-20-9-5-4-6-10-20/h1,4-7,9-11,13,22,25H,8,12,14-19H2,2H3/t22-/m0/s1. The van der Waals surface area contributed by atoms with Gasteiger partial charge in [0.2, 0.25) is 0 Å². The van der Waals surface area contributed by atoms with Gasteiger partial charge in [0, 0.05) is 51.8 Å². The van der Waals surface area contributed by atoms with E-state index in [1.807, 2.05) is 6.07 Å². The van der Waals surface area contributed by atoms with Gasteiger partial charge < -0.3 is 19.1 Å². The predicted octanol–water partition coefficient (Wildman–Crippen LogP) is 2.39. The molecule has 1 atom stereocenters. The molecule has 0 unspecified atom stereocenters. The molecule has 1 heterocycles. The van der Waals surface area contributed by atoms with Gasteiger partial charge in [-0.05, 0) is 24.1 Å². The number of aromatic nitrogens is 1. The Hall–Kier alpha value is -2.10. The van der Waals surface area contributed by atoms with E-state index >= 15 is 0 Å². The quantitative estimate of drug-likeness (QED) is 0.434. The Bertz CT molecular complexity index is 678. The van der Waals surface area contributed by atoms with Crippen LogP contribution in [0.25, 0.3) is 0 Å². The fourth-order valence-electron chi connectivity index (χ4n) is 3.03. The van der Waals surface area contributed by atoms with Crippen LogP contribution in [-0.2, 0) is 22.6 Å². The number of aliphatic hydroxyl groups is 1. The number of benzene rings is 1. The molecule has 0 saturated carbocycles. The summed E-state index contributed by atoms with van der Waals surface area (Å²) in [6.07, 6.45) is 7.62. The van der Waals surface area contributed by atoms with Crippen LogP contribution in [0.3, 0.4) is 0 Å². The first-order valence-electron chi connectivity index (χ1n) is 9.31. The molecule has 0 spiro atoms. The average Bonchev–Trinajstić information content (AvgIpc) is 3.09. The van der Waals surface area contributed by atoms with Crippen molar-refractivity contribution in [2.24, 2.45) is 0 Å². The Kier molecular flexibility index (Phi) is 9.67. The van der Waals surface area contributed by atoms with Gasteiger partial charge in [-0.25, -0.2) is 0 Å². The topological polar surface area (TPSA) is 46.9 Å². The number of nitrogens with zero attached hydrogens (tertiary/aromatic N) is 2. The third kappa shape index (κ3) is 7.98. The molecule has 5 heteroatoms. The van der Waals surface area contributed by atoms with Crippen molar-refractivity contribution >= 4 is 0 Å². The highest BCUT2D eigenvalue weighted by Crippen LogP contribution is 2.11. The maximum Gasteiger partial charge on any atom is 0.107 e. The largest absolute Gasteiger partial charge is 0.389 e. The Balaban J connectivity index is 1.97. The third-order valence-corrected chi connectivity index (χ3v) is 4.29. The molecule has 0 bridgehead atoms. The van der Waals surface area contributed by atoms with Crippen LogP contribution < -0.4 is 0 Å². The van der Waals surface area contributed by atoms with Crippen molar-refractivity contribution in [1.82, 2.24) is 9.47 Å². The van der Waals surface area contributed by atoms with Crippen LogP contribution in [0.4, 0.5) is 0 Å². The second-order valence-electron chi connectivity index (χ2n) is 6.57. The number of aliphatic hydroxyl groups excluding tert-OH is 1. The summed E-state index contributed by atoms with van der Waals surface area (Å²) in [6.45, 7) is 4.14. The number of terminal acetylenes is 1. The van der Waals surface area contributed by atoms with E-state index in [9.17, 15) is 5.11 Å². The molecule has 1 aromatic heterocycles. The predicted molar refractivity (Wildman–Crippen MR) is 107 cm³/mol. The van der Waals surface area contributed by atoms with E-state index in [-0.39, 0.29) is 13.2 Å². The third-order valence-electron chi connectivity index (χ3n) is 4.29. The summed E-state index contributed by atoms with van der Waals surface area (Å²) in [6, 6.07) is 14.6. The van der Waals surface area contributed by atoms with Crippen molar-refractivity contribution in [3.05, 3.63) is 59.9 Å². The lowest BCUT2D eigenvalue weighted by molar-refractivity contribution is 0.0240. The van der Waals surface area contributed by atoms with Crippen LogP contribution >= 0.6 is 0 Å². The lowest BCUT2D eigenvalue weighted by atomic mass is 10.2. The smallest absolute Gasteiger partial charge is 0.107 e. The van der Waals surface area contributed by atoms with Gasteiger partial charge in [0.25, 0.3) is 0 Å². The first-order chi connectivity index (χ1) is 13.2. The minimum atomic E-state index is -0.571. The van der Waals surface area contributed by atoms with E-state index in [1.54, 1.807) is 7.11 Å². The van der Waals surface area contributed by atoms with E-state index in [2.05, 4.69) is 58.0 Å². The zero-order valence-corrected chi connectivity index (χ0v) is 16.1. The van der Waals surface area contributed by atoms with Crippen molar-refractivity contribution in [3.63, 3.8) is 0 Å². The van der Waals surface area contributed by atoms with Crippen molar-refractivity contribution in [3.8, 4) is 12.3 Å².